The second-order valence-corrected chi connectivity index (χ2v) is 9.80. The Morgan fingerprint density at radius 1 is 1.23 bits per heavy atom. The monoisotopic (exact) mass is 442 g/mol. The topological polar surface area (TPSA) is 67.2 Å². The van der Waals surface area contributed by atoms with E-state index in [-0.39, 0.29) is 23.8 Å². The van der Waals surface area contributed by atoms with E-state index < -0.39 is 5.54 Å². The van der Waals surface area contributed by atoms with Gasteiger partial charge in [0.05, 0.1) is 12.2 Å². The third kappa shape index (κ3) is 4.36. The maximum Gasteiger partial charge on any atom is 0.273 e. The SMILES string of the molecule is CC(C)c1cc2n(n1)C[C@](C)(C(=O)NC1CCCCC1)N(Cc1ccc(Cl)cc1)C2=O. The van der Waals surface area contributed by atoms with E-state index in [0.29, 0.717) is 23.8 Å². The molecule has 4 rings (SSSR count). The molecule has 1 fully saturated rings. The van der Waals surface area contributed by atoms with Crippen LogP contribution in [0.5, 0.6) is 0 Å². The maximum absolute atomic E-state index is 13.6. The van der Waals surface area contributed by atoms with Gasteiger partial charge in [0.25, 0.3) is 5.91 Å². The van der Waals surface area contributed by atoms with Crippen molar-refractivity contribution in [1.29, 1.82) is 0 Å². The number of aromatic nitrogens is 2. The van der Waals surface area contributed by atoms with Crippen LogP contribution in [0, 0.1) is 0 Å². The smallest absolute Gasteiger partial charge is 0.273 e. The third-order valence-electron chi connectivity index (χ3n) is 6.59. The second-order valence-electron chi connectivity index (χ2n) is 9.37. The van der Waals surface area contributed by atoms with Gasteiger partial charge < -0.3 is 10.2 Å². The molecule has 0 unspecified atom stereocenters. The van der Waals surface area contributed by atoms with Gasteiger partial charge in [-0.25, -0.2) is 0 Å². The van der Waals surface area contributed by atoms with E-state index in [1.165, 1.54) is 6.42 Å². The number of hydrogen-bond acceptors (Lipinski definition) is 3. The number of nitrogens with one attached hydrogen (secondary N) is 1. The molecule has 2 heterocycles. The lowest BCUT2D eigenvalue weighted by molar-refractivity contribution is -0.134. The van der Waals surface area contributed by atoms with Crippen molar-refractivity contribution in [2.75, 3.05) is 0 Å². The van der Waals surface area contributed by atoms with Gasteiger partial charge in [-0.1, -0.05) is 56.8 Å². The first-order valence-electron chi connectivity index (χ1n) is 11.2. The summed E-state index contributed by atoms with van der Waals surface area (Å²) in [7, 11) is 0. The van der Waals surface area contributed by atoms with Gasteiger partial charge in [0.1, 0.15) is 11.2 Å². The van der Waals surface area contributed by atoms with Crippen LogP contribution in [0.15, 0.2) is 30.3 Å². The summed E-state index contributed by atoms with van der Waals surface area (Å²) in [5.41, 5.74) is 1.32. The fraction of sp³-hybridized carbons (Fsp3) is 0.542. The minimum absolute atomic E-state index is 0.103. The van der Waals surface area contributed by atoms with Crippen molar-refractivity contribution in [3.63, 3.8) is 0 Å². The molecule has 1 N–H and O–H groups in total. The zero-order valence-corrected chi connectivity index (χ0v) is 19.3. The van der Waals surface area contributed by atoms with E-state index in [2.05, 4.69) is 24.3 Å². The van der Waals surface area contributed by atoms with Gasteiger partial charge >= 0.3 is 0 Å². The maximum atomic E-state index is 13.6. The normalized spacial score (nSPS) is 22.0. The Morgan fingerprint density at radius 2 is 1.90 bits per heavy atom. The molecule has 2 aromatic rings. The summed E-state index contributed by atoms with van der Waals surface area (Å²) in [4.78, 5) is 28.9. The van der Waals surface area contributed by atoms with E-state index in [4.69, 9.17) is 11.6 Å². The average Bonchev–Trinajstić information content (AvgIpc) is 3.17. The van der Waals surface area contributed by atoms with Gasteiger partial charge in [-0.05, 0) is 49.4 Å². The molecule has 0 spiro atoms. The molecule has 1 aromatic carbocycles. The molecule has 31 heavy (non-hydrogen) atoms. The molecule has 1 aliphatic carbocycles. The molecule has 0 saturated heterocycles. The highest BCUT2D eigenvalue weighted by Crippen LogP contribution is 2.31. The number of amides is 2. The van der Waals surface area contributed by atoms with Crippen LogP contribution in [0.2, 0.25) is 5.02 Å². The molecule has 166 valence electrons. The van der Waals surface area contributed by atoms with Gasteiger partial charge in [-0.2, -0.15) is 5.10 Å². The average molecular weight is 443 g/mol. The predicted molar refractivity (Wildman–Crippen MR) is 121 cm³/mol. The second kappa shape index (κ2) is 8.65. The molecule has 0 bridgehead atoms. The minimum Gasteiger partial charge on any atom is -0.351 e. The molecule has 7 heteroatoms. The Hall–Kier alpha value is -2.34. The fourth-order valence-electron chi connectivity index (χ4n) is 4.55. The van der Waals surface area contributed by atoms with Crippen molar-refractivity contribution < 1.29 is 9.59 Å². The first-order valence-corrected chi connectivity index (χ1v) is 11.6. The van der Waals surface area contributed by atoms with Crippen LogP contribution >= 0.6 is 11.6 Å². The number of nitrogens with zero attached hydrogens (tertiary/aromatic N) is 3. The highest BCUT2D eigenvalue weighted by atomic mass is 35.5. The standard InChI is InChI=1S/C24H31ClN4O2/c1-16(2)20-13-21-22(30)28(14-17-9-11-18(25)12-10-17)24(3,15-29(21)27-20)23(31)26-19-7-5-4-6-8-19/h9-13,16,19H,4-8,14-15H2,1-3H3,(H,26,31)/t24-/m1/s1. The Balaban J connectivity index is 1.68. The van der Waals surface area contributed by atoms with E-state index in [0.717, 1.165) is 36.9 Å². The van der Waals surface area contributed by atoms with Crippen molar-refractivity contribution in [3.8, 4) is 0 Å². The molecular formula is C24H31ClN4O2. The van der Waals surface area contributed by atoms with Crippen LogP contribution in [-0.2, 0) is 17.9 Å². The van der Waals surface area contributed by atoms with E-state index in [1.54, 1.807) is 9.58 Å². The number of fused-ring (bicyclic) bond motifs is 1. The van der Waals surface area contributed by atoms with Crippen LogP contribution in [0.3, 0.4) is 0 Å². The summed E-state index contributed by atoms with van der Waals surface area (Å²) in [6.45, 7) is 6.65. The number of hydrogen-bond donors (Lipinski definition) is 1. The van der Waals surface area contributed by atoms with E-state index in [1.807, 2.05) is 37.3 Å². The summed E-state index contributed by atoms with van der Waals surface area (Å²) in [6, 6.07) is 9.47. The molecule has 2 aliphatic rings. The number of rotatable bonds is 5. The van der Waals surface area contributed by atoms with Crippen molar-refractivity contribution in [2.24, 2.45) is 0 Å². The Labute approximate surface area is 188 Å². The lowest BCUT2D eigenvalue weighted by atomic mass is 9.91. The minimum atomic E-state index is -1.03. The third-order valence-corrected chi connectivity index (χ3v) is 6.84. The highest BCUT2D eigenvalue weighted by Gasteiger charge is 2.48. The first-order chi connectivity index (χ1) is 14.8. The van der Waals surface area contributed by atoms with Gasteiger partial charge in [0.2, 0.25) is 5.91 Å². The molecule has 1 atom stereocenters. The van der Waals surface area contributed by atoms with Crippen LogP contribution < -0.4 is 5.32 Å². The molecule has 1 saturated carbocycles. The summed E-state index contributed by atoms with van der Waals surface area (Å²) in [5.74, 6) is -0.0613. The van der Waals surface area contributed by atoms with Gasteiger partial charge in [-0.3, -0.25) is 14.3 Å². The van der Waals surface area contributed by atoms with Crippen LogP contribution in [0.1, 0.15) is 80.5 Å². The number of carbonyl (C=O) groups excluding carboxylic acids is 2. The number of halogens is 1. The largest absolute Gasteiger partial charge is 0.351 e. The zero-order valence-electron chi connectivity index (χ0n) is 18.5. The predicted octanol–water partition coefficient (Wildman–Crippen LogP) is 4.52. The Bertz CT molecular complexity index is 962. The molecular weight excluding hydrogens is 412 g/mol. The summed E-state index contributed by atoms with van der Waals surface area (Å²) in [5, 5.41) is 8.53. The van der Waals surface area contributed by atoms with Crippen LogP contribution in [0.25, 0.3) is 0 Å². The molecule has 2 amide bonds. The summed E-state index contributed by atoms with van der Waals surface area (Å²) < 4.78 is 1.72. The number of benzene rings is 1. The van der Waals surface area contributed by atoms with E-state index >= 15 is 0 Å². The summed E-state index contributed by atoms with van der Waals surface area (Å²) >= 11 is 6.04. The van der Waals surface area contributed by atoms with Crippen molar-refractivity contribution in [3.05, 3.63) is 52.3 Å². The Kier molecular flexibility index (Phi) is 6.11. The lowest BCUT2D eigenvalue weighted by Gasteiger charge is -2.44. The summed E-state index contributed by atoms with van der Waals surface area (Å²) in [6.07, 6.45) is 5.49. The molecule has 1 aromatic heterocycles. The Morgan fingerprint density at radius 3 is 2.55 bits per heavy atom. The van der Waals surface area contributed by atoms with Crippen LogP contribution in [-0.4, -0.2) is 38.1 Å². The molecule has 6 nitrogen and oxygen atoms in total. The van der Waals surface area contributed by atoms with Gasteiger partial charge in [0.15, 0.2) is 0 Å². The fourth-order valence-corrected chi connectivity index (χ4v) is 4.68. The van der Waals surface area contributed by atoms with Gasteiger partial charge in [0, 0.05) is 17.6 Å². The zero-order chi connectivity index (χ0) is 22.2. The number of carbonyl (C=O) groups is 2. The van der Waals surface area contributed by atoms with E-state index in [9.17, 15) is 9.59 Å². The van der Waals surface area contributed by atoms with Gasteiger partial charge in [-0.15, -0.1) is 0 Å². The van der Waals surface area contributed by atoms with Crippen LogP contribution in [0.4, 0.5) is 0 Å². The molecule has 1 aliphatic heterocycles. The molecule has 0 radical (unpaired) electrons. The quantitative estimate of drug-likeness (QED) is 0.740. The lowest BCUT2D eigenvalue weighted by Crippen LogP contribution is -2.64. The highest BCUT2D eigenvalue weighted by molar-refractivity contribution is 6.30. The van der Waals surface area contributed by atoms with Crippen molar-refractivity contribution in [2.45, 2.75) is 83.5 Å². The van der Waals surface area contributed by atoms with Crippen molar-refractivity contribution in [1.82, 2.24) is 20.0 Å². The van der Waals surface area contributed by atoms with Crippen molar-refractivity contribution >= 4 is 23.4 Å². The first kappa shape index (κ1) is 21.9.